The summed E-state index contributed by atoms with van der Waals surface area (Å²) in [7, 11) is 0. The van der Waals surface area contributed by atoms with Crippen molar-refractivity contribution >= 4 is 16.5 Å². The first-order valence-corrected chi connectivity index (χ1v) is 8.32. The highest BCUT2D eigenvalue weighted by Gasteiger charge is 2.33. The molecular weight excluding hydrogens is 282 g/mol. The number of nitrogens with zero attached hydrogens (tertiary/aromatic N) is 2. The van der Waals surface area contributed by atoms with E-state index in [-0.39, 0.29) is 11.5 Å². The van der Waals surface area contributed by atoms with E-state index in [9.17, 15) is 0 Å². The van der Waals surface area contributed by atoms with Crippen LogP contribution in [0.25, 0.3) is 0 Å². The zero-order valence-corrected chi connectivity index (χ0v) is 13.7. The molecule has 2 aromatic heterocycles. The number of rotatable bonds is 4. The van der Waals surface area contributed by atoms with Crippen molar-refractivity contribution in [1.82, 2.24) is 4.98 Å². The molecule has 0 fully saturated rings. The monoisotopic (exact) mass is 305 g/mol. The molecule has 2 aromatic rings. The summed E-state index contributed by atoms with van der Waals surface area (Å²) in [6, 6.07) is 4.05. The van der Waals surface area contributed by atoms with Gasteiger partial charge in [0.2, 0.25) is 0 Å². The molecule has 2 heterocycles. The molecule has 0 amide bonds. The molecule has 2 N–H and O–H groups in total. The van der Waals surface area contributed by atoms with Gasteiger partial charge in [-0.25, -0.2) is 4.98 Å². The predicted octanol–water partition coefficient (Wildman–Crippen LogP) is 3.73. The smallest absolute Gasteiger partial charge is 0.186 e. The lowest BCUT2D eigenvalue weighted by molar-refractivity contribution is 0.282. The van der Waals surface area contributed by atoms with Gasteiger partial charge >= 0.3 is 0 Å². The van der Waals surface area contributed by atoms with Crippen molar-refractivity contribution in [1.29, 1.82) is 0 Å². The molecule has 5 heteroatoms. The molecule has 0 aliphatic heterocycles. The number of furan rings is 1. The van der Waals surface area contributed by atoms with Crippen molar-refractivity contribution in [3.63, 3.8) is 0 Å². The van der Waals surface area contributed by atoms with Crippen LogP contribution in [0.2, 0.25) is 0 Å². The van der Waals surface area contributed by atoms with Crippen LogP contribution < -0.4 is 10.6 Å². The molecule has 3 rings (SSSR count). The number of nitrogens with two attached hydrogens (primary N) is 1. The molecular formula is C16H23N3OS. The van der Waals surface area contributed by atoms with Crippen LogP contribution in [0.3, 0.4) is 0 Å². The topological polar surface area (TPSA) is 55.3 Å². The molecule has 1 unspecified atom stereocenters. The number of hydrogen-bond donors (Lipinski definition) is 1. The quantitative estimate of drug-likeness (QED) is 0.935. The maximum atomic E-state index is 6.35. The molecule has 21 heavy (non-hydrogen) atoms. The van der Waals surface area contributed by atoms with Crippen molar-refractivity contribution < 1.29 is 4.42 Å². The summed E-state index contributed by atoms with van der Waals surface area (Å²) in [4.78, 5) is 8.39. The van der Waals surface area contributed by atoms with Crippen molar-refractivity contribution in [3.8, 4) is 0 Å². The van der Waals surface area contributed by atoms with Crippen LogP contribution in [-0.2, 0) is 13.0 Å². The number of fused-ring (bicyclic) bond motifs is 1. The molecule has 1 atom stereocenters. The van der Waals surface area contributed by atoms with Crippen LogP contribution in [0.15, 0.2) is 22.8 Å². The van der Waals surface area contributed by atoms with E-state index in [1.54, 1.807) is 17.6 Å². The lowest BCUT2D eigenvalue weighted by atomic mass is 9.77. The van der Waals surface area contributed by atoms with Crippen molar-refractivity contribution in [2.24, 2.45) is 11.1 Å². The van der Waals surface area contributed by atoms with Crippen LogP contribution in [0, 0.1) is 5.41 Å². The minimum Gasteiger partial charge on any atom is -0.467 e. The first-order valence-electron chi connectivity index (χ1n) is 7.51. The molecule has 0 saturated heterocycles. The van der Waals surface area contributed by atoms with E-state index in [4.69, 9.17) is 15.1 Å². The van der Waals surface area contributed by atoms with Crippen LogP contribution in [-0.4, -0.2) is 11.5 Å². The standard InChI is InChI=1S/C16H23N3OS/c1-4-19(10-11-6-5-7-20-11)15-18-13-9-16(2,3)8-12(17)14(13)21-15/h5-7,12H,4,8-10,17H2,1-3H3. The molecule has 1 aliphatic carbocycles. The number of thiazole rings is 1. The molecule has 0 bridgehead atoms. The highest BCUT2D eigenvalue weighted by Crippen LogP contribution is 2.43. The average molecular weight is 305 g/mol. The number of anilines is 1. The van der Waals surface area contributed by atoms with Gasteiger partial charge in [-0.3, -0.25) is 0 Å². The van der Waals surface area contributed by atoms with Crippen molar-refractivity contribution in [3.05, 3.63) is 34.7 Å². The van der Waals surface area contributed by atoms with Gasteiger partial charge in [-0.05, 0) is 37.3 Å². The predicted molar refractivity (Wildman–Crippen MR) is 86.6 cm³/mol. The molecule has 114 valence electrons. The average Bonchev–Trinajstić information content (AvgIpc) is 3.03. The van der Waals surface area contributed by atoms with Gasteiger partial charge in [0.15, 0.2) is 5.13 Å². The molecule has 0 spiro atoms. The highest BCUT2D eigenvalue weighted by atomic mass is 32.1. The molecule has 0 saturated carbocycles. The maximum absolute atomic E-state index is 6.35. The van der Waals surface area contributed by atoms with E-state index in [1.807, 2.05) is 12.1 Å². The van der Waals surface area contributed by atoms with E-state index in [2.05, 4.69) is 25.7 Å². The maximum Gasteiger partial charge on any atom is 0.186 e. The van der Waals surface area contributed by atoms with Gasteiger partial charge in [-0.15, -0.1) is 0 Å². The van der Waals surface area contributed by atoms with Gasteiger partial charge in [0.05, 0.1) is 18.5 Å². The fourth-order valence-corrected chi connectivity index (χ4v) is 4.17. The van der Waals surface area contributed by atoms with Gasteiger partial charge in [-0.2, -0.15) is 0 Å². The second kappa shape index (κ2) is 5.46. The Balaban J connectivity index is 1.86. The number of hydrogen-bond acceptors (Lipinski definition) is 5. The number of aromatic nitrogens is 1. The Hall–Kier alpha value is -1.33. The van der Waals surface area contributed by atoms with Gasteiger partial charge in [-0.1, -0.05) is 25.2 Å². The van der Waals surface area contributed by atoms with E-state index in [0.717, 1.165) is 36.8 Å². The Bertz CT molecular complexity index is 603. The van der Waals surface area contributed by atoms with Crippen LogP contribution in [0.1, 0.15) is 49.6 Å². The Kier molecular flexibility index (Phi) is 3.80. The van der Waals surface area contributed by atoms with Gasteiger partial charge < -0.3 is 15.1 Å². The van der Waals surface area contributed by atoms with E-state index in [1.165, 1.54) is 10.6 Å². The highest BCUT2D eigenvalue weighted by molar-refractivity contribution is 7.15. The van der Waals surface area contributed by atoms with Crippen molar-refractivity contribution in [2.45, 2.75) is 46.2 Å². The third kappa shape index (κ3) is 2.99. The summed E-state index contributed by atoms with van der Waals surface area (Å²) < 4.78 is 5.45. The van der Waals surface area contributed by atoms with Crippen LogP contribution in [0.5, 0.6) is 0 Å². The third-order valence-electron chi connectivity index (χ3n) is 4.05. The Morgan fingerprint density at radius 2 is 2.33 bits per heavy atom. The Morgan fingerprint density at radius 1 is 1.52 bits per heavy atom. The van der Waals surface area contributed by atoms with Gasteiger partial charge in [0, 0.05) is 17.5 Å². The summed E-state index contributed by atoms with van der Waals surface area (Å²) in [6.07, 6.45) is 3.77. The summed E-state index contributed by atoms with van der Waals surface area (Å²) >= 11 is 1.75. The first-order chi connectivity index (χ1) is 9.98. The van der Waals surface area contributed by atoms with Gasteiger partial charge in [0.1, 0.15) is 5.76 Å². The second-order valence-corrected chi connectivity index (χ2v) is 7.56. The normalized spacial score (nSPS) is 20.3. The Morgan fingerprint density at radius 3 is 3.00 bits per heavy atom. The van der Waals surface area contributed by atoms with Gasteiger partial charge in [0.25, 0.3) is 0 Å². The van der Waals surface area contributed by atoms with Crippen LogP contribution >= 0.6 is 11.3 Å². The van der Waals surface area contributed by atoms with Crippen LogP contribution in [0.4, 0.5) is 5.13 Å². The fourth-order valence-electron chi connectivity index (χ4n) is 3.02. The minimum absolute atomic E-state index is 0.123. The summed E-state index contributed by atoms with van der Waals surface area (Å²) in [5, 5.41) is 1.06. The second-order valence-electron chi connectivity index (χ2n) is 6.55. The summed E-state index contributed by atoms with van der Waals surface area (Å²) in [5.41, 5.74) is 7.78. The lowest BCUT2D eigenvalue weighted by Crippen LogP contribution is -2.28. The zero-order valence-electron chi connectivity index (χ0n) is 12.9. The van der Waals surface area contributed by atoms with Crippen molar-refractivity contribution in [2.75, 3.05) is 11.4 Å². The Labute approximate surface area is 130 Å². The minimum atomic E-state index is 0.123. The largest absolute Gasteiger partial charge is 0.467 e. The van der Waals surface area contributed by atoms with E-state index in [0.29, 0.717) is 0 Å². The zero-order chi connectivity index (χ0) is 15.0. The first kappa shape index (κ1) is 14.6. The fraction of sp³-hybridized carbons (Fsp3) is 0.562. The van der Waals surface area contributed by atoms with E-state index < -0.39 is 0 Å². The summed E-state index contributed by atoms with van der Waals surface area (Å²) in [6.45, 7) is 8.36. The molecule has 4 nitrogen and oxygen atoms in total. The third-order valence-corrected chi connectivity index (χ3v) is 5.34. The summed E-state index contributed by atoms with van der Waals surface area (Å²) in [5.74, 6) is 0.967. The lowest BCUT2D eigenvalue weighted by Gasteiger charge is -2.32. The molecule has 0 aromatic carbocycles. The SMILES string of the molecule is CCN(Cc1ccco1)c1nc2c(s1)C(N)CC(C)(C)C2. The molecule has 1 aliphatic rings. The van der Waals surface area contributed by atoms with E-state index >= 15 is 0 Å². The molecule has 0 radical (unpaired) electrons.